The molecular formula is C18H20FNO. The van der Waals surface area contributed by atoms with E-state index in [0.717, 1.165) is 18.4 Å². The maximum Gasteiger partial charge on any atom is 0.220 e. The van der Waals surface area contributed by atoms with Crippen molar-refractivity contribution >= 4 is 5.91 Å². The van der Waals surface area contributed by atoms with E-state index >= 15 is 0 Å². The number of rotatable bonds is 6. The number of nitrogens with one attached hydrogen (secondary N) is 1. The third-order valence-corrected chi connectivity index (χ3v) is 3.41. The van der Waals surface area contributed by atoms with Crippen LogP contribution in [0.1, 0.15) is 23.1 Å². The summed E-state index contributed by atoms with van der Waals surface area (Å²) in [5.74, 6) is -0.182. The molecule has 1 amide bonds. The van der Waals surface area contributed by atoms with Crippen LogP contribution in [0.3, 0.4) is 0 Å². The zero-order valence-corrected chi connectivity index (χ0v) is 12.2. The van der Waals surface area contributed by atoms with E-state index < -0.39 is 0 Å². The lowest BCUT2D eigenvalue weighted by molar-refractivity contribution is -0.121. The van der Waals surface area contributed by atoms with E-state index in [1.54, 1.807) is 12.1 Å². The molecule has 1 N–H and O–H groups in total. The third kappa shape index (κ3) is 5.38. The van der Waals surface area contributed by atoms with Crippen molar-refractivity contribution in [3.63, 3.8) is 0 Å². The summed E-state index contributed by atoms with van der Waals surface area (Å²) >= 11 is 0. The second kappa shape index (κ2) is 7.58. The van der Waals surface area contributed by atoms with Gasteiger partial charge in [0.15, 0.2) is 0 Å². The number of aryl methyl sites for hydroxylation is 2. The van der Waals surface area contributed by atoms with Gasteiger partial charge < -0.3 is 5.32 Å². The molecule has 0 atom stereocenters. The first-order valence-electron chi connectivity index (χ1n) is 7.20. The van der Waals surface area contributed by atoms with Gasteiger partial charge in [-0.05, 0) is 43.0 Å². The highest BCUT2D eigenvalue weighted by Crippen LogP contribution is 2.06. The van der Waals surface area contributed by atoms with Gasteiger partial charge in [-0.25, -0.2) is 4.39 Å². The summed E-state index contributed by atoms with van der Waals surface area (Å²) in [6.45, 7) is 2.63. The van der Waals surface area contributed by atoms with Gasteiger partial charge in [0, 0.05) is 13.0 Å². The molecule has 2 aromatic carbocycles. The van der Waals surface area contributed by atoms with E-state index in [-0.39, 0.29) is 11.7 Å². The summed E-state index contributed by atoms with van der Waals surface area (Å²) in [5, 5.41) is 2.89. The number of benzene rings is 2. The molecule has 0 fully saturated rings. The molecule has 3 heteroatoms. The number of hydrogen-bond donors (Lipinski definition) is 1. The molecule has 0 radical (unpaired) electrons. The Hall–Kier alpha value is -2.16. The van der Waals surface area contributed by atoms with Gasteiger partial charge in [0.05, 0.1) is 0 Å². The number of halogens is 1. The molecule has 0 aliphatic heterocycles. The molecule has 0 aromatic heterocycles. The molecule has 0 aliphatic rings. The average Bonchev–Trinajstić information content (AvgIpc) is 2.49. The number of hydrogen-bond acceptors (Lipinski definition) is 1. The van der Waals surface area contributed by atoms with Crippen molar-refractivity contribution in [3.05, 3.63) is 71.0 Å². The topological polar surface area (TPSA) is 29.1 Å². The molecule has 2 nitrogen and oxygen atoms in total. The van der Waals surface area contributed by atoms with E-state index in [9.17, 15) is 9.18 Å². The van der Waals surface area contributed by atoms with Gasteiger partial charge in [-0.15, -0.1) is 0 Å². The third-order valence-electron chi connectivity index (χ3n) is 3.41. The second-order valence-corrected chi connectivity index (χ2v) is 5.21. The summed E-state index contributed by atoms with van der Waals surface area (Å²) in [6, 6.07) is 14.6. The van der Waals surface area contributed by atoms with Crippen molar-refractivity contribution in [3.8, 4) is 0 Å². The van der Waals surface area contributed by atoms with Crippen molar-refractivity contribution in [1.82, 2.24) is 5.32 Å². The fourth-order valence-corrected chi connectivity index (χ4v) is 2.10. The Morgan fingerprint density at radius 1 is 0.952 bits per heavy atom. The molecule has 21 heavy (non-hydrogen) atoms. The van der Waals surface area contributed by atoms with Crippen LogP contribution in [0.15, 0.2) is 48.5 Å². The van der Waals surface area contributed by atoms with Crippen LogP contribution in [-0.2, 0) is 17.6 Å². The molecule has 0 aliphatic carbocycles. The van der Waals surface area contributed by atoms with Crippen molar-refractivity contribution in [1.29, 1.82) is 0 Å². The standard InChI is InChI=1S/C18H20FNO/c1-14-2-4-15(5-3-14)8-11-18(21)20-13-12-16-6-9-17(19)10-7-16/h2-7,9-10H,8,11-13H2,1H3,(H,20,21). The van der Waals surface area contributed by atoms with Crippen LogP contribution in [0.25, 0.3) is 0 Å². The quantitative estimate of drug-likeness (QED) is 0.865. The predicted molar refractivity (Wildman–Crippen MR) is 82.6 cm³/mol. The van der Waals surface area contributed by atoms with E-state index in [2.05, 4.69) is 29.6 Å². The van der Waals surface area contributed by atoms with Gasteiger partial charge in [0.25, 0.3) is 0 Å². The molecule has 0 spiro atoms. The largest absolute Gasteiger partial charge is 0.356 e. The van der Waals surface area contributed by atoms with Crippen LogP contribution in [-0.4, -0.2) is 12.5 Å². The Bertz CT molecular complexity index is 575. The van der Waals surface area contributed by atoms with Gasteiger partial charge >= 0.3 is 0 Å². The molecular weight excluding hydrogens is 265 g/mol. The Kier molecular flexibility index (Phi) is 5.50. The van der Waals surface area contributed by atoms with Crippen LogP contribution in [0, 0.1) is 12.7 Å². The van der Waals surface area contributed by atoms with Crippen LogP contribution >= 0.6 is 0 Å². The van der Waals surface area contributed by atoms with Gasteiger partial charge in [0.2, 0.25) is 5.91 Å². The van der Waals surface area contributed by atoms with Gasteiger partial charge in [0.1, 0.15) is 5.82 Å². The summed E-state index contributed by atoms with van der Waals surface area (Å²) < 4.78 is 12.8. The van der Waals surface area contributed by atoms with E-state index in [1.165, 1.54) is 23.3 Å². The zero-order chi connectivity index (χ0) is 15.1. The highest BCUT2D eigenvalue weighted by atomic mass is 19.1. The molecule has 0 heterocycles. The lowest BCUT2D eigenvalue weighted by Crippen LogP contribution is -2.25. The molecule has 2 rings (SSSR count). The minimum Gasteiger partial charge on any atom is -0.356 e. The van der Waals surface area contributed by atoms with Crippen molar-refractivity contribution in [2.45, 2.75) is 26.2 Å². The highest BCUT2D eigenvalue weighted by Gasteiger charge is 2.02. The monoisotopic (exact) mass is 285 g/mol. The van der Waals surface area contributed by atoms with Gasteiger partial charge in [-0.1, -0.05) is 42.0 Å². The predicted octanol–water partition coefficient (Wildman–Crippen LogP) is 3.43. The highest BCUT2D eigenvalue weighted by molar-refractivity contribution is 5.76. The van der Waals surface area contributed by atoms with Crippen molar-refractivity contribution in [2.75, 3.05) is 6.54 Å². The fourth-order valence-electron chi connectivity index (χ4n) is 2.10. The van der Waals surface area contributed by atoms with Crippen molar-refractivity contribution in [2.24, 2.45) is 0 Å². The molecule has 0 saturated heterocycles. The molecule has 2 aromatic rings. The Morgan fingerprint density at radius 2 is 1.52 bits per heavy atom. The van der Waals surface area contributed by atoms with Crippen molar-refractivity contribution < 1.29 is 9.18 Å². The summed E-state index contributed by atoms with van der Waals surface area (Å²) in [4.78, 5) is 11.8. The minimum atomic E-state index is -0.235. The molecule has 110 valence electrons. The fraction of sp³-hybridized carbons (Fsp3) is 0.278. The average molecular weight is 285 g/mol. The van der Waals surface area contributed by atoms with Crippen LogP contribution in [0.5, 0.6) is 0 Å². The molecule has 0 unspecified atom stereocenters. The van der Waals surface area contributed by atoms with Gasteiger partial charge in [-0.3, -0.25) is 4.79 Å². The van der Waals surface area contributed by atoms with Crippen LogP contribution < -0.4 is 5.32 Å². The van der Waals surface area contributed by atoms with E-state index in [4.69, 9.17) is 0 Å². The number of amides is 1. The first-order chi connectivity index (χ1) is 10.1. The lowest BCUT2D eigenvalue weighted by Gasteiger charge is -2.06. The molecule has 0 saturated carbocycles. The maximum absolute atomic E-state index is 12.8. The second-order valence-electron chi connectivity index (χ2n) is 5.21. The van der Waals surface area contributed by atoms with E-state index in [1.807, 2.05) is 6.92 Å². The summed E-state index contributed by atoms with van der Waals surface area (Å²) in [6.07, 6.45) is 1.96. The normalized spacial score (nSPS) is 10.4. The first-order valence-corrected chi connectivity index (χ1v) is 7.20. The Labute approximate surface area is 125 Å². The lowest BCUT2D eigenvalue weighted by atomic mass is 10.1. The SMILES string of the molecule is Cc1ccc(CCC(=O)NCCc2ccc(F)cc2)cc1. The van der Waals surface area contributed by atoms with Crippen LogP contribution in [0.4, 0.5) is 4.39 Å². The minimum absolute atomic E-state index is 0.0534. The first kappa shape index (κ1) is 15.2. The molecule has 0 bridgehead atoms. The van der Waals surface area contributed by atoms with Crippen LogP contribution in [0.2, 0.25) is 0 Å². The Balaban J connectivity index is 1.67. The van der Waals surface area contributed by atoms with E-state index in [0.29, 0.717) is 13.0 Å². The van der Waals surface area contributed by atoms with Gasteiger partial charge in [-0.2, -0.15) is 0 Å². The summed E-state index contributed by atoms with van der Waals surface area (Å²) in [5.41, 5.74) is 3.42. The smallest absolute Gasteiger partial charge is 0.220 e. The Morgan fingerprint density at radius 3 is 2.19 bits per heavy atom. The zero-order valence-electron chi connectivity index (χ0n) is 12.2. The number of carbonyl (C=O) groups excluding carboxylic acids is 1. The number of carbonyl (C=O) groups is 1. The maximum atomic E-state index is 12.8. The summed E-state index contributed by atoms with van der Waals surface area (Å²) in [7, 11) is 0.